The fraction of sp³-hybridized carbons (Fsp3) is 0.333. The highest BCUT2D eigenvalue weighted by molar-refractivity contribution is 7.18. The zero-order valence-corrected chi connectivity index (χ0v) is 15.4. The van der Waals surface area contributed by atoms with Gasteiger partial charge in [-0.05, 0) is 49.6 Å². The molecule has 132 valence electrons. The molecular weight excluding hydrogens is 341 g/mol. The molecule has 2 N–H and O–H groups in total. The molecule has 0 aliphatic carbocycles. The van der Waals surface area contributed by atoms with Gasteiger partial charge in [0.05, 0.1) is 17.7 Å². The van der Waals surface area contributed by atoms with E-state index in [4.69, 9.17) is 4.74 Å². The van der Waals surface area contributed by atoms with Crippen LogP contribution in [-0.2, 0) is 6.54 Å². The summed E-state index contributed by atoms with van der Waals surface area (Å²) < 4.78 is 18.7. The lowest BCUT2D eigenvalue weighted by Crippen LogP contribution is -2.20. The van der Waals surface area contributed by atoms with Gasteiger partial charge in [0.1, 0.15) is 11.1 Å². The molecule has 1 unspecified atom stereocenters. The summed E-state index contributed by atoms with van der Waals surface area (Å²) in [6, 6.07) is 4.73. The molecule has 7 heteroatoms. The van der Waals surface area contributed by atoms with Crippen molar-refractivity contribution in [1.82, 2.24) is 15.5 Å². The van der Waals surface area contributed by atoms with E-state index in [0.29, 0.717) is 6.54 Å². The summed E-state index contributed by atoms with van der Waals surface area (Å²) in [7, 11) is 1.43. The number of fused-ring (bicyclic) bond motifs is 1. The van der Waals surface area contributed by atoms with Gasteiger partial charge in [0.25, 0.3) is 0 Å². The molecule has 2 heterocycles. The van der Waals surface area contributed by atoms with Crippen LogP contribution in [0.5, 0.6) is 5.75 Å². The van der Waals surface area contributed by atoms with Gasteiger partial charge >= 0.3 is 0 Å². The van der Waals surface area contributed by atoms with E-state index >= 15 is 0 Å². The molecule has 0 saturated heterocycles. The van der Waals surface area contributed by atoms with Crippen molar-refractivity contribution in [3.8, 4) is 5.75 Å². The van der Waals surface area contributed by atoms with Gasteiger partial charge in [-0.15, -0.1) is 16.4 Å². The fourth-order valence-electron chi connectivity index (χ4n) is 2.79. The Morgan fingerprint density at radius 2 is 2.00 bits per heavy atom. The van der Waals surface area contributed by atoms with Gasteiger partial charge in [0.2, 0.25) is 0 Å². The highest BCUT2D eigenvalue weighted by atomic mass is 32.1. The molecule has 1 atom stereocenters. The van der Waals surface area contributed by atoms with Crippen LogP contribution in [0.25, 0.3) is 10.2 Å². The molecule has 0 spiro atoms. The van der Waals surface area contributed by atoms with Crippen LogP contribution in [0, 0.1) is 26.6 Å². The van der Waals surface area contributed by atoms with Crippen LogP contribution in [0.1, 0.15) is 33.5 Å². The first kappa shape index (κ1) is 17.7. The van der Waals surface area contributed by atoms with E-state index in [1.807, 2.05) is 20.8 Å². The zero-order chi connectivity index (χ0) is 18.1. The van der Waals surface area contributed by atoms with Gasteiger partial charge in [-0.2, -0.15) is 5.10 Å². The largest absolute Gasteiger partial charge is 0.494 e. The number of nitrogens with one attached hydrogen (secondary N) is 1. The molecule has 0 amide bonds. The number of rotatable bonds is 5. The summed E-state index contributed by atoms with van der Waals surface area (Å²) >= 11 is 1.42. The molecule has 2 aromatic heterocycles. The van der Waals surface area contributed by atoms with Crippen molar-refractivity contribution >= 4 is 21.6 Å². The maximum Gasteiger partial charge on any atom is 0.165 e. The Balaban J connectivity index is 1.81. The van der Waals surface area contributed by atoms with Crippen LogP contribution in [0.15, 0.2) is 18.2 Å². The maximum absolute atomic E-state index is 13.8. The Labute approximate surface area is 149 Å². The summed E-state index contributed by atoms with van der Waals surface area (Å²) in [6.07, 6.45) is -0.857. The lowest BCUT2D eigenvalue weighted by Gasteiger charge is -2.13. The first-order valence-electron chi connectivity index (χ1n) is 7.89. The van der Waals surface area contributed by atoms with Crippen LogP contribution in [-0.4, -0.2) is 22.4 Å². The minimum atomic E-state index is -0.857. The van der Waals surface area contributed by atoms with Crippen molar-refractivity contribution in [3.05, 3.63) is 51.3 Å². The average molecular weight is 361 g/mol. The third kappa shape index (κ3) is 3.35. The lowest BCUT2D eigenvalue weighted by atomic mass is 10.1. The summed E-state index contributed by atoms with van der Waals surface area (Å²) in [5.74, 6) is -0.218. The number of benzene rings is 1. The Kier molecular flexibility index (Phi) is 4.99. The number of methoxy groups -OCH3 is 1. The SMILES string of the molecule is COc1ccc(CNC(O)c2sc3nnc(C)c(C)c3c2C)cc1F. The van der Waals surface area contributed by atoms with Crippen molar-refractivity contribution < 1.29 is 14.2 Å². The van der Waals surface area contributed by atoms with E-state index < -0.39 is 12.0 Å². The lowest BCUT2D eigenvalue weighted by molar-refractivity contribution is 0.140. The minimum Gasteiger partial charge on any atom is -0.494 e. The van der Waals surface area contributed by atoms with E-state index in [-0.39, 0.29) is 5.75 Å². The topological polar surface area (TPSA) is 67.3 Å². The standard InChI is InChI=1S/C18H20FN3O2S/c1-9-11(3)21-22-18-15(9)10(2)16(25-18)17(23)20-8-12-5-6-14(24-4)13(19)7-12/h5-7,17,20,23H,8H2,1-4H3. The van der Waals surface area contributed by atoms with Gasteiger partial charge in [0.15, 0.2) is 11.6 Å². The molecular formula is C18H20FN3O2S. The van der Waals surface area contributed by atoms with Crippen LogP contribution in [0.2, 0.25) is 0 Å². The van der Waals surface area contributed by atoms with E-state index in [1.54, 1.807) is 12.1 Å². The van der Waals surface area contributed by atoms with Crippen molar-refractivity contribution in [1.29, 1.82) is 0 Å². The van der Waals surface area contributed by atoms with Crippen LogP contribution in [0.3, 0.4) is 0 Å². The highest BCUT2D eigenvalue weighted by Gasteiger charge is 2.19. The number of halogens is 1. The van der Waals surface area contributed by atoms with Gasteiger partial charge in [-0.1, -0.05) is 6.07 Å². The quantitative estimate of drug-likeness (QED) is 0.681. The molecule has 0 bridgehead atoms. The third-order valence-corrected chi connectivity index (χ3v) is 5.57. The van der Waals surface area contributed by atoms with E-state index in [1.165, 1.54) is 24.5 Å². The number of ether oxygens (including phenoxy) is 1. The van der Waals surface area contributed by atoms with Gasteiger partial charge in [0, 0.05) is 11.9 Å². The van der Waals surface area contributed by atoms with Crippen molar-refractivity contribution in [2.45, 2.75) is 33.5 Å². The fourth-order valence-corrected chi connectivity index (χ4v) is 3.94. The van der Waals surface area contributed by atoms with Crippen LogP contribution in [0.4, 0.5) is 4.39 Å². The molecule has 0 fully saturated rings. The highest BCUT2D eigenvalue weighted by Crippen LogP contribution is 2.35. The number of nitrogens with zero attached hydrogens (tertiary/aromatic N) is 2. The number of hydrogen-bond acceptors (Lipinski definition) is 6. The summed E-state index contributed by atoms with van der Waals surface area (Å²) in [5.41, 5.74) is 3.69. The van der Waals surface area contributed by atoms with E-state index in [2.05, 4.69) is 15.5 Å². The van der Waals surface area contributed by atoms with Gasteiger partial charge in [-0.3, -0.25) is 5.32 Å². The van der Waals surface area contributed by atoms with Crippen LogP contribution >= 0.6 is 11.3 Å². The molecule has 0 aliphatic heterocycles. The van der Waals surface area contributed by atoms with Crippen molar-refractivity contribution in [3.63, 3.8) is 0 Å². The monoisotopic (exact) mass is 361 g/mol. The predicted molar refractivity (Wildman–Crippen MR) is 96.4 cm³/mol. The van der Waals surface area contributed by atoms with E-state index in [9.17, 15) is 9.50 Å². The molecule has 3 rings (SSSR count). The van der Waals surface area contributed by atoms with E-state index in [0.717, 1.165) is 37.5 Å². The average Bonchev–Trinajstić information content (AvgIpc) is 2.93. The Morgan fingerprint density at radius 3 is 2.68 bits per heavy atom. The van der Waals surface area contributed by atoms with Crippen LogP contribution < -0.4 is 10.1 Å². The maximum atomic E-state index is 13.8. The number of thiophene rings is 1. The summed E-state index contributed by atoms with van der Waals surface area (Å²) in [6.45, 7) is 6.24. The molecule has 5 nitrogen and oxygen atoms in total. The van der Waals surface area contributed by atoms with Crippen molar-refractivity contribution in [2.75, 3.05) is 7.11 Å². The van der Waals surface area contributed by atoms with Crippen molar-refractivity contribution in [2.24, 2.45) is 0 Å². The second-order valence-corrected chi connectivity index (χ2v) is 6.96. The zero-order valence-electron chi connectivity index (χ0n) is 14.6. The Bertz CT molecular complexity index is 926. The van der Waals surface area contributed by atoms with Gasteiger partial charge in [-0.25, -0.2) is 4.39 Å². The molecule has 25 heavy (non-hydrogen) atoms. The first-order valence-corrected chi connectivity index (χ1v) is 8.70. The normalized spacial score (nSPS) is 12.6. The molecule has 0 radical (unpaired) electrons. The summed E-state index contributed by atoms with van der Waals surface area (Å²) in [4.78, 5) is 1.61. The Morgan fingerprint density at radius 1 is 1.24 bits per heavy atom. The summed E-state index contributed by atoms with van der Waals surface area (Å²) in [5, 5.41) is 23.0. The Hall–Kier alpha value is -2.09. The number of aliphatic hydroxyl groups is 1. The molecule has 1 aromatic carbocycles. The molecule has 0 saturated carbocycles. The number of hydrogen-bond donors (Lipinski definition) is 2. The second-order valence-electron chi connectivity index (χ2n) is 5.93. The number of aromatic nitrogens is 2. The second kappa shape index (κ2) is 7.03. The predicted octanol–water partition coefficient (Wildman–Crippen LogP) is 3.54. The minimum absolute atomic E-state index is 0.203. The number of aryl methyl sites for hydroxylation is 3. The first-order chi connectivity index (χ1) is 11.9. The smallest absolute Gasteiger partial charge is 0.165 e. The third-order valence-electron chi connectivity index (χ3n) is 4.34. The van der Waals surface area contributed by atoms with Gasteiger partial charge < -0.3 is 9.84 Å². The molecule has 3 aromatic rings. The number of aliphatic hydroxyl groups excluding tert-OH is 1. The molecule has 0 aliphatic rings.